The highest BCUT2D eigenvalue weighted by Crippen LogP contribution is 2.40. The number of aliphatic hydroxyl groups excluding tert-OH is 2. The zero-order valence-corrected chi connectivity index (χ0v) is 14.5. The summed E-state index contributed by atoms with van der Waals surface area (Å²) in [4.78, 5) is 12.7. The molecule has 4 rings (SSSR count). The smallest absolute Gasteiger partial charge is 0.251 e. The predicted molar refractivity (Wildman–Crippen MR) is 96.9 cm³/mol. The Balaban J connectivity index is 1.56. The van der Waals surface area contributed by atoms with Crippen molar-refractivity contribution in [3.05, 3.63) is 64.7 Å². The molecule has 3 N–H and O–H groups in total. The van der Waals surface area contributed by atoms with Crippen LogP contribution in [-0.4, -0.2) is 28.8 Å². The minimum Gasteiger partial charge on any atom is -0.493 e. The van der Waals surface area contributed by atoms with Crippen LogP contribution in [0.5, 0.6) is 5.75 Å². The molecule has 0 spiro atoms. The molecule has 1 fully saturated rings. The van der Waals surface area contributed by atoms with Crippen molar-refractivity contribution in [1.82, 2.24) is 5.32 Å². The largest absolute Gasteiger partial charge is 0.493 e. The first kappa shape index (κ1) is 17.1. The lowest BCUT2D eigenvalue weighted by molar-refractivity contribution is 0.0235. The summed E-state index contributed by atoms with van der Waals surface area (Å²) in [5.74, 6) is 1.01. The third-order valence-electron chi connectivity index (χ3n) is 5.38. The minimum atomic E-state index is -0.277. The maximum atomic E-state index is 12.7. The van der Waals surface area contributed by atoms with Crippen LogP contribution in [0.1, 0.15) is 45.9 Å². The Hall–Kier alpha value is -2.37. The van der Waals surface area contributed by atoms with Crippen molar-refractivity contribution in [3.8, 4) is 5.75 Å². The molecule has 0 aromatic heterocycles. The number of benzene rings is 2. The lowest BCUT2D eigenvalue weighted by Gasteiger charge is -2.38. The SMILES string of the molecule is O=C(NC(c1ccc2c(c1)CCO2)C1CC(O)C1)c1ccc(CO)cc1. The van der Waals surface area contributed by atoms with Gasteiger partial charge >= 0.3 is 0 Å². The van der Waals surface area contributed by atoms with Crippen LogP contribution >= 0.6 is 0 Å². The molecule has 5 nitrogen and oxygen atoms in total. The molecule has 26 heavy (non-hydrogen) atoms. The third-order valence-corrected chi connectivity index (χ3v) is 5.38. The molecule has 0 bridgehead atoms. The van der Waals surface area contributed by atoms with Crippen molar-refractivity contribution >= 4 is 5.91 Å². The normalized spacial score (nSPS) is 22.1. The van der Waals surface area contributed by atoms with E-state index >= 15 is 0 Å². The third kappa shape index (κ3) is 3.32. The first-order chi connectivity index (χ1) is 12.6. The number of amides is 1. The van der Waals surface area contributed by atoms with E-state index in [9.17, 15) is 9.90 Å². The van der Waals surface area contributed by atoms with Gasteiger partial charge in [-0.05, 0) is 59.7 Å². The number of nitrogens with one attached hydrogen (secondary N) is 1. The van der Waals surface area contributed by atoms with Crippen LogP contribution in [0.3, 0.4) is 0 Å². The van der Waals surface area contributed by atoms with Crippen LogP contribution in [0.15, 0.2) is 42.5 Å². The van der Waals surface area contributed by atoms with Crippen molar-refractivity contribution in [2.45, 2.75) is 38.0 Å². The molecule has 2 aliphatic rings. The molecule has 136 valence electrons. The van der Waals surface area contributed by atoms with Gasteiger partial charge in [0.2, 0.25) is 0 Å². The number of hydrogen-bond donors (Lipinski definition) is 3. The van der Waals surface area contributed by atoms with E-state index in [1.165, 1.54) is 5.56 Å². The van der Waals surface area contributed by atoms with E-state index in [0.29, 0.717) is 25.0 Å². The van der Waals surface area contributed by atoms with Crippen molar-refractivity contribution in [2.24, 2.45) is 5.92 Å². The number of carbonyl (C=O) groups is 1. The lowest BCUT2D eigenvalue weighted by atomic mass is 9.74. The molecule has 1 atom stereocenters. The zero-order valence-electron chi connectivity index (χ0n) is 14.5. The van der Waals surface area contributed by atoms with Gasteiger partial charge in [0.25, 0.3) is 5.91 Å². The molecule has 1 heterocycles. The molecule has 1 saturated carbocycles. The summed E-state index contributed by atoms with van der Waals surface area (Å²) in [5, 5.41) is 22.0. The summed E-state index contributed by atoms with van der Waals surface area (Å²) in [6.07, 6.45) is 2.00. The van der Waals surface area contributed by atoms with Crippen molar-refractivity contribution in [1.29, 1.82) is 0 Å². The minimum absolute atomic E-state index is 0.0400. The van der Waals surface area contributed by atoms with E-state index in [1.54, 1.807) is 24.3 Å². The maximum absolute atomic E-state index is 12.7. The quantitative estimate of drug-likeness (QED) is 0.771. The molecule has 2 aromatic carbocycles. The van der Waals surface area contributed by atoms with Gasteiger partial charge in [-0.3, -0.25) is 4.79 Å². The van der Waals surface area contributed by atoms with Gasteiger partial charge in [0.05, 0.1) is 25.4 Å². The van der Waals surface area contributed by atoms with Crippen LogP contribution in [0.4, 0.5) is 0 Å². The second-order valence-corrected chi connectivity index (χ2v) is 7.16. The van der Waals surface area contributed by atoms with E-state index < -0.39 is 0 Å². The molecule has 2 aromatic rings. The predicted octanol–water partition coefficient (Wildman–Crippen LogP) is 2.36. The molecule has 1 unspecified atom stereocenters. The van der Waals surface area contributed by atoms with Crippen LogP contribution < -0.4 is 10.1 Å². The fourth-order valence-electron chi connectivity index (χ4n) is 3.76. The average molecular weight is 353 g/mol. The van der Waals surface area contributed by atoms with Crippen molar-refractivity contribution in [3.63, 3.8) is 0 Å². The van der Waals surface area contributed by atoms with E-state index in [4.69, 9.17) is 9.84 Å². The number of ether oxygens (including phenoxy) is 1. The summed E-state index contributed by atoms with van der Waals surface area (Å²) in [5.41, 5.74) is 3.58. The van der Waals surface area contributed by atoms with Crippen molar-refractivity contribution < 1.29 is 19.7 Å². The van der Waals surface area contributed by atoms with Gasteiger partial charge in [-0.2, -0.15) is 0 Å². The Bertz CT molecular complexity index is 796. The van der Waals surface area contributed by atoms with E-state index in [1.807, 2.05) is 12.1 Å². The Kier molecular flexibility index (Phi) is 4.66. The highest BCUT2D eigenvalue weighted by atomic mass is 16.5. The van der Waals surface area contributed by atoms with Gasteiger partial charge < -0.3 is 20.3 Å². The Labute approximate surface area is 152 Å². The number of carbonyl (C=O) groups excluding carboxylic acids is 1. The van der Waals surface area contributed by atoms with Gasteiger partial charge in [-0.15, -0.1) is 0 Å². The van der Waals surface area contributed by atoms with Gasteiger partial charge in [-0.1, -0.05) is 18.2 Å². The second-order valence-electron chi connectivity index (χ2n) is 7.16. The molecule has 1 aliphatic heterocycles. The Morgan fingerprint density at radius 2 is 1.96 bits per heavy atom. The lowest BCUT2D eigenvalue weighted by Crippen LogP contribution is -2.41. The van der Waals surface area contributed by atoms with E-state index in [-0.39, 0.29) is 30.6 Å². The van der Waals surface area contributed by atoms with Gasteiger partial charge in [0.1, 0.15) is 5.75 Å². The average Bonchev–Trinajstić information content (AvgIpc) is 3.11. The molecule has 0 radical (unpaired) electrons. The molecule has 1 amide bonds. The fourth-order valence-corrected chi connectivity index (χ4v) is 3.76. The topological polar surface area (TPSA) is 78.8 Å². The molecular weight excluding hydrogens is 330 g/mol. The van der Waals surface area contributed by atoms with E-state index in [2.05, 4.69) is 11.4 Å². The first-order valence-corrected chi connectivity index (χ1v) is 9.08. The van der Waals surface area contributed by atoms with Gasteiger partial charge in [0, 0.05) is 12.0 Å². The van der Waals surface area contributed by atoms with Crippen LogP contribution in [0, 0.1) is 5.92 Å². The van der Waals surface area contributed by atoms with Gasteiger partial charge in [-0.25, -0.2) is 0 Å². The number of rotatable bonds is 5. The maximum Gasteiger partial charge on any atom is 0.251 e. The second kappa shape index (κ2) is 7.09. The van der Waals surface area contributed by atoms with Crippen LogP contribution in [0.2, 0.25) is 0 Å². The standard InChI is InChI=1S/C21H23NO4/c23-12-13-1-3-14(4-2-13)21(25)22-20(17-10-18(24)11-17)16-5-6-19-15(9-16)7-8-26-19/h1-6,9,17-18,20,23-24H,7-8,10-12H2,(H,22,25). The number of aliphatic hydroxyl groups is 2. The van der Waals surface area contributed by atoms with Crippen LogP contribution in [0.25, 0.3) is 0 Å². The highest BCUT2D eigenvalue weighted by Gasteiger charge is 2.36. The monoisotopic (exact) mass is 353 g/mol. The summed E-state index contributed by atoms with van der Waals surface area (Å²) in [7, 11) is 0. The zero-order chi connectivity index (χ0) is 18.1. The number of hydrogen-bond acceptors (Lipinski definition) is 4. The molecule has 1 aliphatic carbocycles. The Morgan fingerprint density at radius 3 is 2.65 bits per heavy atom. The summed E-state index contributed by atoms with van der Waals surface area (Å²) >= 11 is 0. The highest BCUT2D eigenvalue weighted by molar-refractivity contribution is 5.94. The van der Waals surface area contributed by atoms with Crippen LogP contribution in [-0.2, 0) is 13.0 Å². The van der Waals surface area contributed by atoms with Crippen molar-refractivity contribution in [2.75, 3.05) is 6.61 Å². The molecule has 5 heteroatoms. The summed E-state index contributed by atoms with van der Waals surface area (Å²) in [6, 6.07) is 12.9. The Morgan fingerprint density at radius 1 is 1.19 bits per heavy atom. The molecular formula is C21H23NO4. The van der Waals surface area contributed by atoms with Gasteiger partial charge in [0.15, 0.2) is 0 Å². The molecule has 0 saturated heterocycles. The first-order valence-electron chi connectivity index (χ1n) is 9.08. The fraction of sp³-hybridized carbons (Fsp3) is 0.381. The number of fused-ring (bicyclic) bond motifs is 1. The summed E-state index contributed by atoms with van der Waals surface area (Å²) < 4.78 is 5.58. The van der Waals surface area contributed by atoms with E-state index in [0.717, 1.165) is 23.3 Å². The summed E-state index contributed by atoms with van der Waals surface area (Å²) in [6.45, 7) is 0.664.